The lowest BCUT2D eigenvalue weighted by molar-refractivity contribution is -0.00399. The third-order valence-corrected chi connectivity index (χ3v) is 7.78. The van der Waals surface area contributed by atoms with Gasteiger partial charge in [-0.3, -0.25) is 4.90 Å². The molecule has 3 unspecified atom stereocenters. The Bertz CT molecular complexity index is 1340. The highest BCUT2D eigenvalue weighted by molar-refractivity contribution is 7.90. The molecule has 1 saturated carbocycles. The quantitative estimate of drug-likeness (QED) is 0.542. The van der Waals surface area contributed by atoms with Gasteiger partial charge in [0.05, 0.1) is 17.5 Å². The number of nitrogens with zero attached hydrogens (tertiary/aromatic N) is 4. The van der Waals surface area contributed by atoms with Crippen molar-refractivity contribution in [3.8, 4) is 11.1 Å². The molecule has 3 atom stereocenters. The number of hydrogen-bond donors (Lipinski definition) is 1. The average Bonchev–Trinajstić information content (AvgIpc) is 3.27. The lowest BCUT2D eigenvalue weighted by Crippen LogP contribution is -2.39. The van der Waals surface area contributed by atoms with E-state index in [0.717, 1.165) is 6.26 Å². The third-order valence-electron chi connectivity index (χ3n) is 6.94. The molecule has 2 heterocycles. The SMILES string of the molecule is CN(C(=O)OC(C)(C)C)c1cc(F)cc2c1Cc1nc(S(C)(=O)=O)nc(N3CC4CC(O)C4C3)c1-2. The van der Waals surface area contributed by atoms with Gasteiger partial charge in [-0.05, 0) is 56.4 Å². The standard InChI is InChI=1S/C24H29FN4O5S/c1-24(2,3)34-23(31)28(4)18-8-13(25)7-15-14(18)9-17-20(15)21(27-22(26-17)35(5,32)33)29-10-12-6-19(30)16(12)11-29/h7-8,12,16,19,30H,6,9-11H2,1-5H3. The fourth-order valence-electron chi connectivity index (χ4n) is 5.24. The van der Waals surface area contributed by atoms with Crippen molar-refractivity contribution in [3.05, 3.63) is 29.2 Å². The Kier molecular flexibility index (Phi) is 5.37. The number of carbonyl (C=O) groups excluding carboxylic acids is 1. The molecule has 2 aromatic rings. The van der Waals surface area contributed by atoms with Crippen LogP contribution in [0.3, 0.4) is 0 Å². The molecule has 1 aromatic heterocycles. The summed E-state index contributed by atoms with van der Waals surface area (Å²) in [5, 5.41) is 9.84. The van der Waals surface area contributed by atoms with Crippen molar-refractivity contribution >= 4 is 27.4 Å². The third kappa shape index (κ3) is 4.14. The first-order valence-corrected chi connectivity index (χ1v) is 13.5. The predicted octanol–water partition coefficient (Wildman–Crippen LogP) is 2.78. The second-order valence-corrected chi connectivity index (χ2v) is 12.6. The number of carbonyl (C=O) groups is 1. The molecule has 9 nitrogen and oxygen atoms in total. The summed E-state index contributed by atoms with van der Waals surface area (Å²) in [6, 6.07) is 2.64. The second-order valence-electron chi connectivity index (χ2n) is 10.7. The first-order valence-electron chi connectivity index (χ1n) is 11.6. The van der Waals surface area contributed by atoms with Gasteiger partial charge >= 0.3 is 6.09 Å². The number of aliphatic hydroxyl groups excluding tert-OH is 1. The van der Waals surface area contributed by atoms with Gasteiger partial charge < -0.3 is 14.7 Å². The minimum atomic E-state index is -3.71. The maximum absolute atomic E-state index is 14.9. The van der Waals surface area contributed by atoms with E-state index in [1.54, 1.807) is 20.8 Å². The Morgan fingerprint density at radius 1 is 1.26 bits per heavy atom. The van der Waals surface area contributed by atoms with Gasteiger partial charge in [-0.25, -0.2) is 27.6 Å². The fraction of sp³-hybridized carbons (Fsp3) is 0.542. The number of halogens is 1. The van der Waals surface area contributed by atoms with E-state index < -0.39 is 27.3 Å². The Balaban J connectivity index is 1.63. The van der Waals surface area contributed by atoms with Gasteiger partial charge in [-0.1, -0.05) is 0 Å². The van der Waals surface area contributed by atoms with Gasteiger partial charge in [-0.15, -0.1) is 0 Å². The largest absolute Gasteiger partial charge is 0.443 e. The molecule has 188 valence electrons. The number of hydrogen-bond acceptors (Lipinski definition) is 8. The summed E-state index contributed by atoms with van der Waals surface area (Å²) < 4.78 is 45.2. The molecular weight excluding hydrogens is 475 g/mol. The minimum Gasteiger partial charge on any atom is -0.443 e. The van der Waals surface area contributed by atoms with Gasteiger partial charge in [0.2, 0.25) is 15.0 Å². The molecule has 5 rings (SSSR count). The molecule has 1 aromatic carbocycles. The van der Waals surface area contributed by atoms with Gasteiger partial charge in [0.25, 0.3) is 0 Å². The average molecular weight is 505 g/mol. The maximum Gasteiger partial charge on any atom is 0.414 e. The van der Waals surface area contributed by atoms with E-state index in [1.165, 1.54) is 24.1 Å². The van der Waals surface area contributed by atoms with Gasteiger partial charge in [-0.2, -0.15) is 0 Å². The van der Waals surface area contributed by atoms with Crippen LogP contribution in [0.4, 0.5) is 20.7 Å². The minimum absolute atomic E-state index is 0.101. The molecule has 1 aliphatic heterocycles. The van der Waals surface area contributed by atoms with Crippen molar-refractivity contribution in [1.82, 2.24) is 9.97 Å². The van der Waals surface area contributed by atoms with E-state index in [0.29, 0.717) is 59.3 Å². The monoisotopic (exact) mass is 504 g/mol. The number of rotatable bonds is 3. The smallest absolute Gasteiger partial charge is 0.414 e. The zero-order valence-electron chi connectivity index (χ0n) is 20.4. The maximum atomic E-state index is 14.9. The summed E-state index contributed by atoms with van der Waals surface area (Å²) in [4.78, 5) is 24.8. The van der Waals surface area contributed by atoms with E-state index in [-0.39, 0.29) is 23.6 Å². The van der Waals surface area contributed by atoms with Crippen molar-refractivity contribution in [2.24, 2.45) is 11.8 Å². The lowest BCUT2D eigenvalue weighted by atomic mass is 9.74. The summed E-state index contributed by atoms with van der Waals surface area (Å²) in [7, 11) is -2.20. The highest BCUT2D eigenvalue weighted by Crippen LogP contribution is 2.49. The van der Waals surface area contributed by atoms with E-state index in [4.69, 9.17) is 4.74 Å². The topological polar surface area (TPSA) is 113 Å². The van der Waals surface area contributed by atoms with Crippen molar-refractivity contribution in [3.63, 3.8) is 0 Å². The lowest BCUT2D eigenvalue weighted by Gasteiger charge is -2.34. The van der Waals surface area contributed by atoms with Crippen LogP contribution in [-0.4, -0.2) is 67.7 Å². The van der Waals surface area contributed by atoms with E-state index >= 15 is 0 Å². The molecule has 2 fully saturated rings. The molecule has 11 heteroatoms. The fourth-order valence-corrected chi connectivity index (χ4v) is 5.77. The van der Waals surface area contributed by atoms with Gasteiger partial charge in [0.15, 0.2) is 0 Å². The molecule has 0 radical (unpaired) electrons. The number of ether oxygens (including phenoxy) is 1. The van der Waals surface area contributed by atoms with Crippen LogP contribution in [0.25, 0.3) is 11.1 Å². The molecule has 1 N–H and O–H groups in total. The van der Waals surface area contributed by atoms with Crippen LogP contribution in [0, 0.1) is 17.7 Å². The predicted molar refractivity (Wildman–Crippen MR) is 128 cm³/mol. The molecule has 1 saturated heterocycles. The summed E-state index contributed by atoms with van der Waals surface area (Å²) in [5.74, 6) is 0.286. The van der Waals surface area contributed by atoms with Crippen molar-refractivity contribution in [2.75, 3.05) is 36.2 Å². The summed E-state index contributed by atoms with van der Waals surface area (Å²) in [5.41, 5.74) is 1.82. The van der Waals surface area contributed by atoms with Crippen LogP contribution in [0.5, 0.6) is 0 Å². The first-order chi connectivity index (χ1) is 16.2. The number of aromatic nitrogens is 2. The summed E-state index contributed by atoms with van der Waals surface area (Å²) >= 11 is 0. The Morgan fingerprint density at radius 3 is 2.57 bits per heavy atom. The number of amides is 1. The van der Waals surface area contributed by atoms with Crippen LogP contribution in [0.15, 0.2) is 17.3 Å². The van der Waals surface area contributed by atoms with Gasteiger partial charge in [0.1, 0.15) is 17.2 Å². The molecule has 2 aliphatic carbocycles. The van der Waals surface area contributed by atoms with Crippen molar-refractivity contribution < 1.29 is 27.4 Å². The molecule has 1 amide bonds. The van der Waals surface area contributed by atoms with Gasteiger partial charge in [0, 0.05) is 44.3 Å². The zero-order valence-corrected chi connectivity index (χ0v) is 21.2. The molecular formula is C24H29FN4O5S. The Morgan fingerprint density at radius 2 is 1.97 bits per heavy atom. The number of sulfone groups is 1. The Labute approximate surface area is 203 Å². The molecule has 3 aliphatic rings. The van der Waals surface area contributed by atoms with Crippen molar-refractivity contribution in [2.45, 2.75) is 50.5 Å². The van der Waals surface area contributed by atoms with Crippen LogP contribution >= 0.6 is 0 Å². The number of benzene rings is 1. The van der Waals surface area contributed by atoms with E-state index in [1.807, 2.05) is 4.90 Å². The van der Waals surface area contributed by atoms with Crippen molar-refractivity contribution in [1.29, 1.82) is 0 Å². The molecule has 0 spiro atoms. The zero-order chi connectivity index (χ0) is 25.4. The highest BCUT2D eigenvalue weighted by Gasteiger charge is 2.47. The summed E-state index contributed by atoms with van der Waals surface area (Å²) in [6.45, 7) is 6.41. The number of aliphatic hydroxyl groups is 1. The highest BCUT2D eigenvalue weighted by atomic mass is 32.2. The summed E-state index contributed by atoms with van der Waals surface area (Å²) in [6.07, 6.45) is 0.958. The van der Waals surface area contributed by atoms with Crippen LogP contribution in [0.1, 0.15) is 38.4 Å². The first kappa shape index (κ1) is 23.9. The molecule has 35 heavy (non-hydrogen) atoms. The Hall–Kier alpha value is -2.79. The number of fused-ring (bicyclic) bond motifs is 4. The van der Waals surface area contributed by atoms with E-state index in [9.17, 15) is 22.7 Å². The number of anilines is 2. The molecule has 0 bridgehead atoms. The second kappa shape index (κ2) is 7.86. The van der Waals surface area contributed by atoms with Crippen LogP contribution in [-0.2, 0) is 21.0 Å². The van der Waals surface area contributed by atoms with Crippen LogP contribution < -0.4 is 9.80 Å². The van der Waals surface area contributed by atoms with E-state index in [2.05, 4.69) is 9.97 Å². The van der Waals surface area contributed by atoms with Crippen LogP contribution in [0.2, 0.25) is 0 Å². The normalized spacial score (nSPS) is 22.8.